The van der Waals surface area contributed by atoms with Crippen molar-refractivity contribution in [3.63, 3.8) is 0 Å². The smallest absolute Gasteiger partial charge is 0.162 e. The summed E-state index contributed by atoms with van der Waals surface area (Å²) in [4.78, 5) is 0. The summed E-state index contributed by atoms with van der Waals surface area (Å²) in [6.45, 7) is 1.81. The van der Waals surface area contributed by atoms with E-state index in [2.05, 4.69) is 5.32 Å². The van der Waals surface area contributed by atoms with Crippen LogP contribution in [0.15, 0.2) is 12.1 Å². The van der Waals surface area contributed by atoms with Gasteiger partial charge in [0.25, 0.3) is 0 Å². The number of halogens is 1. The summed E-state index contributed by atoms with van der Waals surface area (Å²) >= 11 is 6.04. The number of hydrogen-bond acceptors (Lipinski definition) is 3. The van der Waals surface area contributed by atoms with Gasteiger partial charge < -0.3 is 15.5 Å². The van der Waals surface area contributed by atoms with E-state index in [-0.39, 0.29) is 17.4 Å². The molecule has 82 valence electrons. The molecule has 0 amide bonds. The van der Waals surface area contributed by atoms with Gasteiger partial charge in [0.2, 0.25) is 0 Å². The average molecular weight is 228 g/mol. The fraction of sp³-hybridized carbons (Fsp3) is 0.455. The Bertz CT molecular complexity index is 362. The van der Waals surface area contributed by atoms with E-state index in [4.69, 9.17) is 11.6 Å². The number of nitrogens with one attached hydrogen (secondary N) is 1. The molecule has 0 radical (unpaired) electrons. The van der Waals surface area contributed by atoms with Crippen molar-refractivity contribution in [1.82, 2.24) is 5.32 Å². The van der Waals surface area contributed by atoms with Gasteiger partial charge in [-0.25, -0.2) is 0 Å². The Morgan fingerprint density at radius 1 is 1.33 bits per heavy atom. The molecule has 0 saturated carbocycles. The second kappa shape index (κ2) is 4.29. The molecular weight excluding hydrogens is 214 g/mol. The largest absolute Gasteiger partial charge is 0.504 e. The van der Waals surface area contributed by atoms with Gasteiger partial charge in [-0.15, -0.1) is 0 Å². The van der Waals surface area contributed by atoms with Gasteiger partial charge in [0.05, 0.1) is 0 Å². The highest BCUT2D eigenvalue weighted by Crippen LogP contribution is 2.40. The third-order valence-corrected chi connectivity index (χ3v) is 3.18. The van der Waals surface area contributed by atoms with Crippen LogP contribution < -0.4 is 5.32 Å². The number of phenolic OH excluding ortho intramolecular Hbond substituents is 2. The predicted molar refractivity (Wildman–Crippen MR) is 59.6 cm³/mol. The number of benzene rings is 1. The van der Waals surface area contributed by atoms with Crippen LogP contribution in [0.5, 0.6) is 11.5 Å². The third kappa shape index (κ3) is 2.03. The quantitative estimate of drug-likeness (QED) is 0.645. The molecule has 1 atom stereocenters. The minimum Gasteiger partial charge on any atom is -0.504 e. The number of aromatic hydroxyl groups is 2. The molecule has 2 rings (SSSR count). The summed E-state index contributed by atoms with van der Waals surface area (Å²) in [7, 11) is 0. The lowest BCUT2D eigenvalue weighted by atomic mass is 9.91. The van der Waals surface area contributed by atoms with E-state index in [1.54, 1.807) is 6.07 Å². The molecule has 1 heterocycles. The zero-order chi connectivity index (χ0) is 10.8. The third-order valence-electron chi connectivity index (χ3n) is 2.85. The van der Waals surface area contributed by atoms with Gasteiger partial charge in [0, 0.05) is 23.0 Å². The molecule has 1 aromatic carbocycles. The van der Waals surface area contributed by atoms with Crippen molar-refractivity contribution in [1.29, 1.82) is 0 Å². The van der Waals surface area contributed by atoms with E-state index in [0.29, 0.717) is 10.6 Å². The zero-order valence-electron chi connectivity index (χ0n) is 8.33. The number of phenols is 2. The van der Waals surface area contributed by atoms with Crippen molar-refractivity contribution in [2.24, 2.45) is 0 Å². The monoisotopic (exact) mass is 227 g/mol. The second-order valence-corrected chi connectivity index (χ2v) is 4.28. The van der Waals surface area contributed by atoms with Crippen molar-refractivity contribution >= 4 is 11.6 Å². The maximum absolute atomic E-state index is 9.77. The van der Waals surface area contributed by atoms with Gasteiger partial charge in [-0.1, -0.05) is 11.6 Å². The molecule has 0 aliphatic carbocycles. The Morgan fingerprint density at radius 2 is 2.13 bits per heavy atom. The van der Waals surface area contributed by atoms with E-state index in [0.717, 1.165) is 25.9 Å². The fourth-order valence-electron chi connectivity index (χ4n) is 2.06. The number of rotatable bonds is 1. The van der Waals surface area contributed by atoms with Crippen molar-refractivity contribution < 1.29 is 10.2 Å². The first kappa shape index (κ1) is 10.6. The van der Waals surface area contributed by atoms with Crippen LogP contribution in [0.4, 0.5) is 0 Å². The van der Waals surface area contributed by atoms with Crippen LogP contribution >= 0.6 is 11.6 Å². The molecule has 1 aliphatic heterocycles. The van der Waals surface area contributed by atoms with Gasteiger partial charge in [0.15, 0.2) is 11.5 Å². The van der Waals surface area contributed by atoms with Crippen LogP contribution in [0.3, 0.4) is 0 Å². The Morgan fingerprint density at radius 3 is 2.80 bits per heavy atom. The maximum Gasteiger partial charge on any atom is 0.162 e. The molecule has 1 saturated heterocycles. The SMILES string of the molecule is Oc1ccc(Cl)c(C2CCCNC2)c1O. The molecule has 4 heteroatoms. The average Bonchev–Trinajstić information content (AvgIpc) is 2.26. The maximum atomic E-state index is 9.77. The Hall–Kier alpha value is -0.930. The molecule has 15 heavy (non-hydrogen) atoms. The van der Waals surface area contributed by atoms with E-state index in [1.165, 1.54) is 6.07 Å². The highest BCUT2D eigenvalue weighted by molar-refractivity contribution is 6.31. The molecule has 1 unspecified atom stereocenters. The highest BCUT2D eigenvalue weighted by Gasteiger charge is 2.22. The molecule has 0 spiro atoms. The van der Waals surface area contributed by atoms with Crippen LogP contribution in [-0.4, -0.2) is 23.3 Å². The van der Waals surface area contributed by atoms with E-state index in [9.17, 15) is 10.2 Å². The molecule has 3 N–H and O–H groups in total. The molecule has 0 bridgehead atoms. The van der Waals surface area contributed by atoms with Gasteiger partial charge in [-0.05, 0) is 31.5 Å². The number of piperidine rings is 1. The molecule has 1 aliphatic rings. The topological polar surface area (TPSA) is 52.5 Å². The van der Waals surface area contributed by atoms with E-state index >= 15 is 0 Å². The van der Waals surface area contributed by atoms with Crippen LogP contribution in [-0.2, 0) is 0 Å². The Kier molecular flexibility index (Phi) is 3.03. The summed E-state index contributed by atoms with van der Waals surface area (Å²) < 4.78 is 0. The molecule has 0 aromatic heterocycles. The summed E-state index contributed by atoms with van der Waals surface area (Å²) in [5, 5.41) is 23.0. The van der Waals surface area contributed by atoms with Crippen molar-refractivity contribution in [3.8, 4) is 11.5 Å². The van der Waals surface area contributed by atoms with Crippen LogP contribution in [0.1, 0.15) is 24.3 Å². The van der Waals surface area contributed by atoms with Gasteiger partial charge in [-0.2, -0.15) is 0 Å². The molecule has 1 aromatic rings. The van der Waals surface area contributed by atoms with Crippen LogP contribution in [0.25, 0.3) is 0 Å². The van der Waals surface area contributed by atoms with Crippen LogP contribution in [0.2, 0.25) is 5.02 Å². The van der Waals surface area contributed by atoms with Gasteiger partial charge >= 0.3 is 0 Å². The fourth-order valence-corrected chi connectivity index (χ4v) is 2.37. The summed E-state index contributed by atoms with van der Waals surface area (Å²) in [5.74, 6) is 0.0227. The van der Waals surface area contributed by atoms with E-state index < -0.39 is 0 Å². The Labute approximate surface area is 93.7 Å². The molecule has 3 nitrogen and oxygen atoms in total. The first-order valence-corrected chi connectivity index (χ1v) is 5.49. The minimum atomic E-state index is -0.0972. The van der Waals surface area contributed by atoms with Crippen molar-refractivity contribution in [2.75, 3.05) is 13.1 Å². The summed E-state index contributed by atoms with van der Waals surface area (Å²) in [6.07, 6.45) is 2.06. The second-order valence-electron chi connectivity index (χ2n) is 3.87. The van der Waals surface area contributed by atoms with Gasteiger partial charge in [-0.3, -0.25) is 0 Å². The van der Waals surface area contributed by atoms with Crippen molar-refractivity contribution in [3.05, 3.63) is 22.7 Å². The lowest BCUT2D eigenvalue weighted by Gasteiger charge is -2.24. The number of hydrogen-bond donors (Lipinski definition) is 3. The molecule has 1 fully saturated rings. The normalized spacial score (nSPS) is 21.5. The van der Waals surface area contributed by atoms with E-state index in [1.807, 2.05) is 0 Å². The lowest BCUT2D eigenvalue weighted by Crippen LogP contribution is -2.28. The van der Waals surface area contributed by atoms with Crippen LogP contribution in [0, 0.1) is 0 Å². The lowest BCUT2D eigenvalue weighted by molar-refractivity contribution is 0.385. The molecular formula is C11H14ClNO2. The van der Waals surface area contributed by atoms with Crippen molar-refractivity contribution in [2.45, 2.75) is 18.8 Å². The Balaban J connectivity index is 2.36. The first-order chi connectivity index (χ1) is 7.20. The predicted octanol–water partition coefficient (Wildman–Crippen LogP) is 2.22. The minimum absolute atomic E-state index is 0.0730. The highest BCUT2D eigenvalue weighted by atomic mass is 35.5. The first-order valence-electron chi connectivity index (χ1n) is 5.11. The van der Waals surface area contributed by atoms with Gasteiger partial charge in [0.1, 0.15) is 0 Å². The standard InChI is InChI=1S/C11H14ClNO2/c12-8-3-4-9(14)11(15)10(8)7-2-1-5-13-6-7/h3-4,7,13-15H,1-2,5-6H2. The zero-order valence-corrected chi connectivity index (χ0v) is 9.09. The summed E-state index contributed by atoms with van der Waals surface area (Å²) in [5.41, 5.74) is 0.670. The summed E-state index contributed by atoms with van der Waals surface area (Å²) in [6, 6.07) is 3.04.